The summed E-state index contributed by atoms with van der Waals surface area (Å²) in [7, 11) is 0. The van der Waals surface area contributed by atoms with Gasteiger partial charge < -0.3 is 21.1 Å². The molecule has 0 saturated carbocycles. The summed E-state index contributed by atoms with van der Waals surface area (Å²) >= 11 is 0. The summed E-state index contributed by atoms with van der Waals surface area (Å²) in [4.78, 5) is 2.32. The molecule has 0 unspecified atom stereocenters. The molecule has 90 valence electrons. The van der Waals surface area contributed by atoms with Gasteiger partial charge in [0.1, 0.15) is 5.75 Å². The molecule has 0 bridgehead atoms. The molecular weight excluding hydrogens is 202 g/mol. The molecule has 1 aromatic carbocycles. The first-order chi connectivity index (χ1) is 7.67. The van der Waals surface area contributed by atoms with Gasteiger partial charge in [-0.15, -0.1) is 0 Å². The maximum atomic E-state index is 9.61. The Balaban J connectivity index is 2.42. The summed E-state index contributed by atoms with van der Waals surface area (Å²) in [5.74, 6) is 0.208. The number of phenolic OH excluding ortho intramolecular Hbond substituents is 1. The van der Waals surface area contributed by atoms with Crippen LogP contribution in [0.5, 0.6) is 5.75 Å². The molecule has 0 amide bonds. The van der Waals surface area contributed by atoms with Crippen molar-refractivity contribution < 1.29 is 5.11 Å². The van der Waals surface area contributed by atoms with Gasteiger partial charge >= 0.3 is 0 Å². The summed E-state index contributed by atoms with van der Waals surface area (Å²) < 4.78 is 0. The van der Waals surface area contributed by atoms with Crippen LogP contribution in [0.15, 0.2) is 18.2 Å². The Morgan fingerprint density at radius 1 is 1.31 bits per heavy atom. The third-order valence-electron chi connectivity index (χ3n) is 2.66. The highest BCUT2D eigenvalue weighted by atomic mass is 16.3. The Morgan fingerprint density at radius 2 is 2.00 bits per heavy atom. The number of likely N-dealkylation sites (N-methyl/N-ethyl adjacent to an activating group) is 1. The zero-order valence-electron chi connectivity index (χ0n) is 10.0. The maximum absolute atomic E-state index is 9.61. The fourth-order valence-corrected chi connectivity index (χ4v) is 1.59. The number of nitrogens with two attached hydrogens (primary N) is 1. The lowest BCUT2D eigenvalue weighted by molar-refractivity contribution is 0.316. The molecule has 0 atom stereocenters. The van der Waals surface area contributed by atoms with Gasteiger partial charge in [0.05, 0.1) is 5.69 Å². The van der Waals surface area contributed by atoms with Gasteiger partial charge in [-0.2, -0.15) is 0 Å². The average molecular weight is 223 g/mol. The molecule has 0 aromatic heterocycles. The Morgan fingerprint density at radius 3 is 2.56 bits per heavy atom. The van der Waals surface area contributed by atoms with E-state index in [2.05, 4.69) is 24.1 Å². The first-order valence-corrected chi connectivity index (χ1v) is 5.72. The number of nitrogens with one attached hydrogen (secondary N) is 1. The molecule has 0 spiro atoms. The van der Waals surface area contributed by atoms with E-state index in [1.807, 2.05) is 0 Å². The molecule has 1 rings (SSSR count). The van der Waals surface area contributed by atoms with Crippen LogP contribution < -0.4 is 11.1 Å². The molecule has 0 aliphatic heterocycles. The topological polar surface area (TPSA) is 61.5 Å². The zero-order chi connectivity index (χ0) is 12.0. The number of anilines is 2. The van der Waals surface area contributed by atoms with Crippen molar-refractivity contribution in [3.8, 4) is 5.75 Å². The molecule has 0 aliphatic rings. The number of phenols is 1. The van der Waals surface area contributed by atoms with Gasteiger partial charge in [0.2, 0.25) is 0 Å². The molecule has 4 nitrogen and oxygen atoms in total. The lowest BCUT2D eigenvalue weighted by atomic mass is 10.2. The van der Waals surface area contributed by atoms with E-state index in [0.29, 0.717) is 5.69 Å². The monoisotopic (exact) mass is 223 g/mol. The molecule has 0 aliphatic carbocycles. The van der Waals surface area contributed by atoms with Crippen LogP contribution in [0.3, 0.4) is 0 Å². The molecule has 4 heteroatoms. The predicted molar refractivity (Wildman–Crippen MR) is 68.8 cm³/mol. The van der Waals surface area contributed by atoms with Crippen molar-refractivity contribution in [2.45, 2.75) is 13.8 Å². The minimum Gasteiger partial charge on any atom is -0.506 e. The van der Waals surface area contributed by atoms with Gasteiger partial charge in [-0.05, 0) is 25.2 Å². The first kappa shape index (κ1) is 12.6. The van der Waals surface area contributed by atoms with Gasteiger partial charge in [0.25, 0.3) is 0 Å². The van der Waals surface area contributed by atoms with Crippen LogP contribution in [0.25, 0.3) is 0 Å². The van der Waals surface area contributed by atoms with Crippen molar-refractivity contribution in [2.75, 3.05) is 37.2 Å². The Kier molecular flexibility index (Phi) is 4.92. The molecule has 0 radical (unpaired) electrons. The molecule has 4 N–H and O–H groups in total. The zero-order valence-corrected chi connectivity index (χ0v) is 10.0. The molecule has 0 saturated heterocycles. The van der Waals surface area contributed by atoms with Crippen LogP contribution >= 0.6 is 0 Å². The van der Waals surface area contributed by atoms with Crippen molar-refractivity contribution in [1.82, 2.24) is 4.90 Å². The number of hydrogen-bond donors (Lipinski definition) is 3. The van der Waals surface area contributed by atoms with Crippen LogP contribution in [-0.4, -0.2) is 36.2 Å². The summed E-state index contributed by atoms with van der Waals surface area (Å²) in [6.07, 6.45) is 0. The maximum Gasteiger partial charge on any atom is 0.140 e. The Bertz CT molecular complexity index is 324. The summed E-state index contributed by atoms with van der Waals surface area (Å²) in [5, 5.41) is 12.8. The highest BCUT2D eigenvalue weighted by molar-refractivity contribution is 5.61. The van der Waals surface area contributed by atoms with Gasteiger partial charge in [0, 0.05) is 24.8 Å². The van der Waals surface area contributed by atoms with Crippen molar-refractivity contribution in [3.63, 3.8) is 0 Å². The van der Waals surface area contributed by atoms with Crippen LogP contribution in [-0.2, 0) is 0 Å². The number of benzene rings is 1. The van der Waals surface area contributed by atoms with Crippen LogP contribution in [0.2, 0.25) is 0 Å². The second-order valence-corrected chi connectivity index (χ2v) is 3.73. The SMILES string of the molecule is CCN(CC)CCNc1ccc(N)cc1O. The van der Waals surface area contributed by atoms with Crippen LogP contribution in [0, 0.1) is 0 Å². The van der Waals surface area contributed by atoms with Gasteiger partial charge in [-0.3, -0.25) is 0 Å². The van der Waals surface area contributed by atoms with E-state index < -0.39 is 0 Å². The Hall–Kier alpha value is -1.42. The summed E-state index contributed by atoms with van der Waals surface area (Å²) in [5.41, 5.74) is 6.86. The second kappa shape index (κ2) is 6.23. The predicted octanol–water partition coefficient (Wildman–Crippen LogP) is 1.73. The van der Waals surface area contributed by atoms with Crippen molar-refractivity contribution in [1.29, 1.82) is 0 Å². The van der Waals surface area contributed by atoms with Gasteiger partial charge in [-0.25, -0.2) is 0 Å². The van der Waals surface area contributed by atoms with Crippen molar-refractivity contribution >= 4 is 11.4 Å². The van der Waals surface area contributed by atoms with Crippen LogP contribution in [0.1, 0.15) is 13.8 Å². The molecular formula is C12H21N3O. The Labute approximate surface area is 97.1 Å². The lowest BCUT2D eigenvalue weighted by Gasteiger charge is -2.18. The largest absolute Gasteiger partial charge is 0.506 e. The highest BCUT2D eigenvalue weighted by Gasteiger charge is 2.02. The molecule has 16 heavy (non-hydrogen) atoms. The fraction of sp³-hybridized carbons (Fsp3) is 0.500. The lowest BCUT2D eigenvalue weighted by Crippen LogP contribution is -2.28. The molecule has 0 fully saturated rings. The van der Waals surface area contributed by atoms with E-state index in [4.69, 9.17) is 5.73 Å². The van der Waals surface area contributed by atoms with E-state index >= 15 is 0 Å². The van der Waals surface area contributed by atoms with Gasteiger partial charge in [-0.1, -0.05) is 13.8 Å². The number of nitrogen functional groups attached to an aromatic ring is 1. The van der Waals surface area contributed by atoms with E-state index in [1.165, 1.54) is 0 Å². The number of aromatic hydroxyl groups is 1. The molecule has 0 heterocycles. The average Bonchev–Trinajstić information content (AvgIpc) is 2.27. The minimum absolute atomic E-state index is 0.208. The third kappa shape index (κ3) is 3.62. The summed E-state index contributed by atoms with van der Waals surface area (Å²) in [6, 6.07) is 5.13. The third-order valence-corrected chi connectivity index (χ3v) is 2.66. The number of nitrogens with zero attached hydrogens (tertiary/aromatic N) is 1. The van der Waals surface area contributed by atoms with E-state index in [0.717, 1.165) is 31.9 Å². The molecule has 1 aromatic rings. The van der Waals surface area contributed by atoms with E-state index in [9.17, 15) is 5.11 Å². The van der Waals surface area contributed by atoms with E-state index in [1.54, 1.807) is 18.2 Å². The quantitative estimate of drug-likeness (QED) is 0.507. The van der Waals surface area contributed by atoms with E-state index in [-0.39, 0.29) is 5.75 Å². The van der Waals surface area contributed by atoms with Crippen molar-refractivity contribution in [3.05, 3.63) is 18.2 Å². The smallest absolute Gasteiger partial charge is 0.140 e. The normalized spacial score (nSPS) is 10.7. The fourth-order valence-electron chi connectivity index (χ4n) is 1.59. The van der Waals surface area contributed by atoms with Gasteiger partial charge in [0.15, 0.2) is 0 Å². The number of rotatable bonds is 6. The summed E-state index contributed by atoms with van der Waals surface area (Å²) in [6.45, 7) is 8.17. The highest BCUT2D eigenvalue weighted by Crippen LogP contribution is 2.24. The standard InChI is InChI=1S/C12H21N3O/c1-3-15(4-2)8-7-14-11-6-5-10(13)9-12(11)16/h5-6,9,14,16H,3-4,7-8,13H2,1-2H3. The second-order valence-electron chi connectivity index (χ2n) is 3.73. The number of hydrogen-bond acceptors (Lipinski definition) is 4. The van der Waals surface area contributed by atoms with Crippen LogP contribution in [0.4, 0.5) is 11.4 Å². The minimum atomic E-state index is 0.208. The van der Waals surface area contributed by atoms with Crippen molar-refractivity contribution in [2.24, 2.45) is 0 Å². The first-order valence-electron chi connectivity index (χ1n) is 5.72.